The molecule has 3 aromatic rings. The smallest absolute Gasteiger partial charge is 0.434 e. The first-order valence-electron chi connectivity index (χ1n) is 13.8. The lowest BCUT2D eigenvalue weighted by molar-refractivity contribution is -0.140. The van der Waals surface area contributed by atoms with E-state index in [4.69, 9.17) is 9.26 Å². The SMILES string of the molecule is CC1CCN(c2ccc(C(=O)O)cn2)C2CC(OCc3c(-c4cccnc4C(F)(F)F)noc3C3CC3)CC1C2. The van der Waals surface area contributed by atoms with Gasteiger partial charge in [0.15, 0.2) is 5.69 Å². The Morgan fingerprint density at radius 3 is 2.67 bits per heavy atom. The third-order valence-corrected chi connectivity index (χ3v) is 8.60. The van der Waals surface area contributed by atoms with Crippen molar-refractivity contribution in [3.05, 3.63) is 59.2 Å². The van der Waals surface area contributed by atoms with Crippen molar-refractivity contribution in [3.8, 4) is 11.3 Å². The van der Waals surface area contributed by atoms with Gasteiger partial charge in [-0.3, -0.25) is 4.98 Å². The summed E-state index contributed by atoms with van der Waals surface area (Å²) in [6.07, 6.45) is 3.20. The number of halogens is 3. The second-order valence-corrected chi connectivity index (χ2v) is 11.3. The molecule has 3 aromatic heterocycles. The third-order valence-electron chi connectivity index (χ3n) is 8.60. The zero-order chi connectivity index (χ0) is 28.0. The minimum atomic E-state index is -4.62. The first kappa shape index (κ1) is 26.7. The number of anilines is 1. The number of aromatic carboxylic acids is 1. The summed E-state index contributed by atoms with van der Waals surface area (Å²) >= 11 is 0. The molecule has 6 rings (SSSR count). The molecule has 3 fully saturated rings. The number of hydrogen-bond donors (Lipinski definition) is 1. The normalized spacial score (nSPS) is 25.1. The summed E-state index contributed by atoms with van der Waals surface area (Å²) in [4.78, 5) is 21.6. The number of fused-ring (bicyclic) bond motifs is 2. The molecule has 4 heterocycles. The Hall–Kier alpha value is -3.47. The molecule has 1 N–H and O–H groups in total. The standard InChI is InChI=1S/C29H31F3N4O4/c1-16-8-10-36(24-7-6-18(14-34-24)28(37)38)20-11-19(16)12-21(13-20)39-15-23-25(35-40-26(23)17-4-5-17)22-3-2-9-33-27(22)29(30,31)32/h2-3,6-7,9,14,16-17,19-21H,4-5,8,10-13,15H2,1H3,(H,37,38). The van der Waals surface area contributed by atoms with Crippen LogP contribution in [0, 0.1) is 11.8 Å². The summed E-state index contributed by atoms with van der Waals surface area (Å²) in [5.74, 6) is 1.40. The van der Waals surface area contributed by atoms with Crippen molar-refractivity contribution in [1.82, 2.24) is 15.1 Å². The first-order valence-corrected chi connectivity index (χ1v) is 13.8. The van der Waals surface area contributed by atoms with Gasteiger partial charge in [0.1, 0.15) is 17.3 Å². The minimum Gasteiger partial charge on any atom is -0.478 e. The Bertz CT molecular complexity index is 1370. The van der Waals surface area contributed by atoms with Crippen LogP contribution in [0.5, 0.6) is 0 Å². The van der Waals surface area contributed by atoms with Gasteiger partial charge in [-0.05, 0) is 74.6 Å². The number of carboxylic acids is 1. The Labute approximate surface area is 229 Å². The lowest BCUT2D eigenvalue weighted by Crippen LogP contribution is -2.42. The van der Waals surface area contributed by atoms with Gasteiger partial charge in [0.25, 0.3) is 0 Å². The highest BCUT2D eigenvalue weighted by Crippen LogP contribution is 2.46. The molecular formula is C29H31F3N4O4. The molecule has 2 aliphatic carbocycles. The zero-order valence-corrected chi connectivity index (χ0v) is 22.1. The number of carboxylic acid groups (broad SMARTS) is 1. The number of pyridine rings is 2. The third kappa shape index (κ3) is 5.31. The van der Waals surface area contributed by atoms with Crippen molar-refractivity contribution in [3.63, 3.8) is 0 Å². The largest absolute Gasteiger partial charge is 0.478 e. The van der Waals surface area contributed by atoms with E-state index in [1.807, 2.05) is 0 Å². The highest BCUT2D eigenvalue weighted by atomic mass is 19.4. The van der Waals surface area contributed by atoms with Crippen LogP contribution in [0.4, 0.5) is 19.0 Å². The second kappa shape index (κ2) is 10.5. The molecule has 0 radical (unpaired) electrons. The number of rotatable bonds is 7. The van der Waals surface area contributed by atoms with Crippen molar-refractivity contribution < 1.29 is 32.3 Å². The van der Waals surface area contributed by atoms with E-state index >= 15 is 0 Å². The molecular weight excluding hydrogens is 525 g/mol. The quantitative estimate of drug-likeness (QED) is 0.361. The van der Waals surface area contributed by atoms with Gasteiger partial charge in [-0.2, -0.15) is 13.2 Å². The van der Waals surface area contributed by atoms with E-state index in [1.165, 1.54) is 18.3 Å². The van der Waals surface area contributed by atoms with E-state index in [9.17, 15) is 23.1 Å². The average molecular weight is 557 g/mol. The van der Waals surface area contributed by atoms with Crippen LogP contribution in [0.3, 0.4) is 0 Å². The van der Waals surface area contributed by atoms with Crippen LogP contribution >= 0.6 is 0 Å². The van der Waals surface area contributed by atoms with Crippen molar-refractivity contribution in [2.75, 3.05) is 11.4 Å². The summed E-state index contributed by atoms with van der Waals surface area (Å²) in [6, 6.07) is 6.35. The van der Waals surface area contributed by atoms with E-state index in [-0.39, 0.29) is 41.5 Å². The molecule has 0 spiro atoms. The Morgan fingerprint density at radius 2 is 1.98 bits per heavy atom. The number of nitrogens with zero attached hydrogens (tertiary/aromatic N) is 4. The maximum Gasteiger partial charge on any atom is 0.434 e. The number of carbonyl (C=O) groups is 1. The number of alkyl halides is 3. The van der Waals surface area contributed by atoms with Gasteiger partial charge < -0.3 is 19.3 Å². The Balaban J connectivity index is 1.24. The number of hydrogen-bond acceptors (Lipinski definition) is 7. The predicted molar refractivity (Wildman–Crippen MR) is 139 cm³/mol. The molecule has 2 saturated carbocycles. The molecule has 0 aromatic carbocycles. The van der Waals surface area contributed by atoms with Gasteiger partial charge in [-0.1, -0.05) is 12.1 Å². The van der Waals surface area contributed by atoms with Crippen LogP contribution in [-0.4, -0.2) is 44.9 Å². The topological polar surface area (TPSA) is 102 Å². The molecule has 1 aliphatic heterocycles. The predicted octanol–water partition coefficient (Wildman–Crippen LogP) is 6.33. The lowest BCUT2D eigenvalue weighted by atomic mass is 9.77. The van der Waals surface area contributed by atoms with Gasteiger partial charge in [0.2, 0.25) is 0 Å². The van der Waals surface area contributed by atoms with E-state index in [0.29, 0.717) is 23.2 Å². The van der Waals surface area contributed by atoms with E-state index in [0.717, 1.165) is 57.1 Å². The highest BCUT2D eigenvalue weighted by molar-refractivity contribution is 5.87. The minimum absolute atomic E-state index is 0.0998. The summed E-state index contributed by atoms with van der Waals surface area (Å²) < 4.78 is 53.4. The highest BCUT2D eigenvalue weighted by Gasteiger charge is 2.41. The maximum absolute atomic E-state index is 13.8. The van der Waals surface area contributed by atoms with Crippen molar-refractivity contribution in [2.45, 2.75) is 76.3 Å². The van der Waals surface area contributed by atoms with Crippen LogP contribution in [0.25, 0.3) is 11.3 Å². The zero-order valence-electron chi connectivity index (χ0n) is 22.1. The van der Waals surface area contributed by atoms with E-state index in [2.05, 4.69) is 26.9 Å². The van der Waals surface area contributed by atoms with Crippen LogP contribution in [0.15, 0.2) is 41.2 Å². The number of aromatic nitrogens is 3. The number of ether oxygens (including phenoxy) is 1. The monoisotopic (exact) mass is 556 g/mol. The Kier molecular flexibility index (Phi) is 7.02. The van der Waals surface area contributed by atoms with Gasteiger partial charge in [0.05, 0.1) is 18.3 Å². The van der Waals surface area contributed by atoms with Crippen molar-refractivity contribution >= 4 is 11.8 Å². The van der Waals surface area contributed by atoms with E-state index < -0.39 is 17.8 Å². The second-order valence-electron chi connectivity index (χ2n) is 11.3. The van der Waals surface area contributed by atoms with Gasteiger partial charge >= 0.3 is 12.1 Å². The molecule has 2 bridgehead atoms. The molecule has 4 unspecified atom stereocenters. The average Bonchev–Trinajstić information content (AvgIpc) is 3.71. The molecule has 0 amide bonds. The summed E-state index contributed by atoms with van der Waals surface area (Å²) in [6.45, 7) is 3.18. The van der Waals surface area contributed by atoms with Crippen LogP contribution in [0.1, 0.15) is 78.7 Å². The fourth-order valence-electron chi connectivity index (χ4n) is 6.24. The molecule has 4 atom stereocenters. The molecule has 212 valence electrons. The Morgan fingerprint density at radius 1 is 1.15 bits per heavy atom. The van der Waals surface area contributed by atoms with Crippen molar-refractivity contribution in [2.24, 2.45) is 11.8 Å². The first-order chi connectivity index (χ1) is 19.2. The molecule has 3 aliphatic rings. The van der Waals surface area contributed by atoms with Gasteiger partial charge in [-0.15, -0.1) is 0 Å². The molecule has 11 heteroatoms. The van der Waals surface area contributed by atoms with Crippen LogP contribution in [-0.2, 0) is 17.5 Å². The molecule has 40 heavy (non-hydrogen) atoms. The van der Waals surface area contributed by atoms with Crippen molar-refractivity contribution in [1.29, 1.82) is 0 Å². The fourth-order valence-corrected chi connectivity index (χ4v) is 6.24. The summed E-state index contributed by atoms with van der Waals surface area (Å²) in [5.41, 5.74) is -0.217. The van der Waals surface area contributed by atoms with Gasteiger partial charge in [-0.25, -0.2) is 9.78 Å². The van der Waals surface area contributed by atoms with Crippen LogP contribution < -0.4 is 4.90 Å². The molecule has 1 saturated heterocycles. The van der Waals surface area contributed by atoms with Crippen LogP contribution in [0.2, 0.25) is 0 Å². The fraction of sp³-hybridized carbons (Fsp3) is 0.517. The maximum atomic E-state index is 13.8. The lowest BCUT2D eigenvalue weighted by Gasteiger charge is -2.39. The summed E-state index contributed by atoms with van der Waals surface area (Å²) in [7, 11) is 0. The van der Waals surface area contributed by atoms with E-state index in [1.54, 1.807) is 12.1 Å². The van der Waals surface area contributed by atoms with Gasteiger partial charge in [0, 0.05) is 42.0 Å². The molecule has 8 nitrogen and oxygen atoms in total. The summed E-state index contributed by atoms with van der Waals surface area (Å²) in [5, 5.41) is 13.3.